The second kappa shape index (κ2) is 7.36. The van der Waals surface area contributed by atoms with Crippen molar-refractivity contribution < 1.29 is 14.4 Å². The number of benzene rings is 1. The summed E-state index contributed by atoms with van der Waals surface area (Å²) in [7, 11) is 0. The van der Waals surface area contributed by atoms with E-state index < -0.39 is 6.35 Å². The Morgan fingerprint density at radius 2 is 2.06 bits per heavy atom. The lowest BCUT2D eigenvalue weighted by Crippen LogP contribution is -2.75. The molecule has 1 aromatic carbocycles. The summed E-state index contributed by atoms with van der Waals surface area (Å²) in [6.45, 7) is 8.02. The number of hydrogen-bond donors (Lipinski definition) is 1. The van der Waals surface area contributed by atoms with Gasteiger partial charge < -0.3 is 24.2 Å². The molecule has 7 nitrogen and oxygen atoms in total. The number of anilines is 1. The van der Waals surface area contributed by atoms with Crippen LogP contribution in [0.4, 0.5) is 5.82 Å². The van der Waals surface area contributed by atoms with E-state index in [0.717, 1.165) is 62.4 Å². The van der Waals surface area contributed by atoms with Crippen LogP contribution in [0.3, 0.4) is 0 Å². The van der Waals surface area contributed by atoms with Gasteiger partial charge in [0, 0.05) is 43.8 Å². The molecule has 0 amide bonds. The monoisotopic (exact) mass is 422 g/mol. The molecule has 1 aliphatic carbocycles. The maximum atomic E-state index is 11.2. The first-order chi connectivity index (χ1) is 15.2. The van der Waals surface area contributed by atoms with Crippen LogP contribution in [0.5, 0.6) is 0 Å². The van der Waals surface area contributed by atoms with Gasteiger partial charge in [-0.2, -0.15) is 0 Å². The molecule has 0 radical (unpaired) electrons. The van der Waals surface area contributed by atoms with Crippen molar-refractivity contribution in [2.75, 3.05) is 50.8 Å². The highest BCUT2D eigenvalue weighted by Crippen LogP contribution is 2.44. The SMILES string of the molecule is CCC1C=CC2=C(COCCN2C(O)N2CC3(CN(c4noc5ccccc45)C3)C2)C1. The van der Waals surface area contributed by atoms with Crippen LogP contribution in [0.15, 0.2) is 52.2 Å². The van der Waals surface area contributed by atoms with E-state index in [0.29, 0.717) is 19.1 Å². The zero-order valence-corrected chi connectivity index (χ0v) is 18.0. The first-order valence-corrected chi connectivity index (χ1v) is 11.4. The summed E-state index contributed by atoms with van der Waals surface area (Å²) in [6, 6.07) is 8.02. The van der Waals surface area contributed by atoms with E-state index in [-0.39, 0.29) is 5.41 Å². The van der Waals surface area contributed by atoms with Gasteiger partial charge >= 0.3 is 0 Å². The van der Waals surface area contributed by atoms with Crippen molar-refractivity contribution in [1.29, 1.82) is 0 Å². The van der Waals surface area contributed by atoms with Gasteiger partial charge in [0.2, 0.25) is 0 Å². The molecule has 6 rings (SSSR count). The third kappa shape index (κ3) is 3.18. The molecule has 164 valence electrons. The molecular weight excluding hydrogens is 392 g/mol. The molecule has 3 aliphatic heterocycles. The number of aliphatic hydroxyl groups is 1. The Balaban J connectivity index is 1.11. The average molecular weight is 423 g/mol. The van der Waals surface area contributed by atoms with Gasteiger partial charge in [0.15, 0.2) is 17.8 Å². The molecule has 1 spiro atoms. The molecular formula is C24H30N4O3. The number of likely N-dealkylation sites (tertiary alicyclic amines) is 1. The fraction of sp³-hybridized carbons (Fsp3) is 0.542. The molecule has 2 atom stereocenters. The van der Waals surface area contributed by atoms with Crippen molar-refractivity contribution in [3.8, 4) is 0 Å². The summed E-state index contributed by atoms with van der Waals surface area (Å²) < 4.78 is 11.3. The number of ether oxygens (including phenoxy) is 1. The minimum Gasteiger partial charge on any atom is -0.375 e. The smallest absolute Gasteiger partial charge is 0.186 e. The summed E-state index contributed by atoms with van der Waals surface area (Å²) in [4.78, 5) is 6.62. The van der Waals surface area contributed by atoms with Gasteiger partial charge in [0.1, 0.15) is 0 Å². The Morgan fingerprint density at radius 1 is 1.23 bits per heavy atom. The van der Waals surface area contributed by atoms with Gasteiger partial charge in [0.25, 0.3) is 0 Å². The molecule has 0 saturated carbocycles. The number of fused-ring (bicyclic) bond motifs is 1. The minimum absolute atomic E-state index is 0.246. The number of rotatable bonds is 4. The first kappa shape index (κ1) is 19.3. The molecule has 2 saturated heterocycles. The van der Waals surface area contributed by atoms with Crippen LogP contribution in [-0.4, -0.2) is 72.4 Å². The van der Waals surface area contributed by atoms with Crippen LogP contribution in [0.25, 0.3) is 11.0 Å². The van der Waals surface area contributed by atoms with Gasteiger partial charge in [-0.05, 0) is 42.5 Å². The predicted octanol–water partition coefficient (Wildman–Crippen LogP) is 2.80. The highest BCUT2D eigenvalue weighted by molar-refractivity contribution is 5.88. The molecule has 1 N–H and O–H groups in total. The van der Waals surface area contributed by atoms with Crippen molar-refractivity contribution >= 4 is 16.8 Å². The second-order valence-corrected chi connectivity index (χ2v) is 9.58. The molecule has 0 bridgehead atoms. The second-order valence-electron chi connectivity index (χ2n) is 9.58. The maximum absolute atomic E-state index is 11.2. The normalized spacial score (nSPS) is 26.6. The molecule has 4 aliphatic rings. The van der Waals surface area contributed by atoms with Crippen LogP contribution in [0.2, 0.25) is 0 Å². The molecule has 2 aromatic rings. The number of aliphatic hydroxyl groups excluding tert-OH is 1. The lowest BCUT2D eigenvalue weighted by atomic mass is 9.73. The van der Waals surface area contributed by atoms with E-state index in [1.807, 2.05) is 18.2 Å². The van der Waals surface area contributed by atoms with E-state index >= 15 is 0 Å². The number of aromatic nitrogens is 1. The molecule has 1 aromatic heterocycles. The third-order valence-electron chi connectivity index (χ3n) is 7.38. The molecule has 31 heavy (non-hydrogen) atoms. The van der Waals surface area contributed by atoms with Crippen LogP contribution >= 0.6 is 0 Å². The topological polar surface area (TPSA) is 65.2 Å². The number of para-hydroxylation sites is 1. The van der Waals surface area contributed by atoms with Crippen molar-refractivity contribution in [1.82, 2.24) is 15.0 Å². The highest BCUT2D eigenvalue weighted by Gasteiger charge is 2.54. The highest BCUT2D eigenvalue weighted by atomic mass is 16.5. The molecule has 2 unspecified atom stereocenters. The molecule has 2 fully saturated rings. The molecule has 7 heteroatoms. The van der Waals surface area contributed by atoms with Crippen molar-refractivity contribution in [2.45, 2.75) is 26.1 Å². The molecule has 4 heterocycles. The first-order valence-electron chi connectivity index (χ1n) is 11.4. The summed E-state index contributed by atoms with van der Waals surface area (Å²) in [5, 5.41) is 16.6. The predicted molar refractivity (Wildman–Crippen MR) is 118 cm³/mol. The fourth-order valence-corrected chi connectivity index (χ4v) is 5.65. The van der Waals surface area contributed by atoms with Crippen molar-refractivity contribution in [2.24, 2.45) is 11.3 Å². The van der Waals surface area contributed by atoms with Gasteiger partial charge in [0.05, 0.1) is 18.6 Å². The Labute approximate surface area is 182 Å². The van der Waals surface area contributed by atoms with E-state index in [9.17, 15) is 5.11 Å². The number of hydrogen-bond acceptors (Lipinski definition) is 7. The number of nitrogens with zero attached hydrogens (tertiary/aromatic N) is 4. The van der Waals surface area contributed by atoms with Crippen LogP contribution in [0.1, 0.15) is 19.8 Å². The zero-order valence-electron chi connectivity index (χ0n) is 18.0. The lowest BCUT2D eigenvalue weighted by Gasteiger charge is -2.62. The lowest BCUT2D eigenvalue weighted by molar-refractivity contribution is -0.176. The van der Waals surface area contributed by atoms with Crippen LogP contribution < -0.4 is 4.90 Å². The van der Waals surface area contributed by atoms with Gasteiger partial charge in [-0.1, -0.05) is 30.3 Å². The van der Waals surface area contributed by atoms with Gasteiger partial charge in [-0.15, -0.1) is 0 Å². The Bertz CT molecular complexity index is 1030. The van der Waals surface area contributed by atoms with E-state index in [1.54, 1.807) is 0 Å². The van der Waals surface area contributed by atoms with E-state index in [1.165, 1.54) is 11.3 Å². The summed E-state index contributed by atoms with van der Waals surface area (Å²) in [5.74, 6) is 1.53. The minimum atomic E-state index is -0.595. The zero-order chi connectivity index (χ0) is 21.0. The summed E-state index contributed by atoms with van der Waals surface area (Å²) >= 11 is 0. The standard InChI is InChI=1S/C24H30N4O3/c1-2-17-7-8-20-18(11-17)12-30-10-9-28(20)23(29)27-15-24(16-27)13-26(14-24)22-19-5-3-4-6-21(19)31-25-22/h3-8,17,23,29H,2,9-16H2,1H3. The van der Waals surface area contributed by atoms with E-state index in [4.69, 9.17) is 9.26 Å². The Kier molecular flexibility index (Phi) is 4.59. The van der Waals surface area contributed by atoms with Crippen molar-refractivity contribution in [3.63, 3.8) is 0 Å². The Morgan fingerprint density at radius 3 is 2.90 bits per heavy atom. The van der Waals surface area contributed by atoms with E-state index in [2.05, 4.69) is 45.0 Å². The van der Waals surface area contributed by atoms with Crippen LogP contribution in [0, 0.1) is 11.3 Å². The average Bonchev–Trinajstić information content (AvgIpc) is 3.04. The maximum Gasteiger partial charge on any atom is 0.186 e. The fourth-order valence-electron chi connectivity index (χ4n) is 5.65. The third-order valence-corrected chi connectivity index (χ3v) is 7.38. The quantitative estimate of drug-likeness (QED) is 0.813. The van der Waals surface area contributed by atoms with Gasteiger partial charge in [-0.25, -0.2) is 0 Å². The summed E-state index contributed by atoms with van der Waals surface area (Å²) in [6.07, 6.45) is 6.09. The van der Waals surface area contributed by atoms with Crippen molar-refractivity contribution in [3.05, 3.63) is 47.7 Å². The Hall–Kier alpha value is -2.35. The van der Waals surface area contributed by atoms with Crippen LogP contribution in [-0.2, 0) is 4.74 Å². The van der Waals surface area contributed by atoms with Gasteiger partial charge in [-0.3, -0.25) is 4.90 Å². The summed E-state index contributed by atoms with van der Waals surface area (Å²) in [5.41, 5.74) is 3.58. The largest absolute Gasteiger partial charge is 0.375 e. The number of allylic oxidation sites excluding steroid dienone is 2.